The molecule has 0 bridgehead atoms. The van der Waals surface area contributed by atoms with Gasteiger partial charge in [-0.3, -0.25) is 10.00 Å². The molecular weight excluding hydrogens is 320 g/mol. The first-order chi connectivity index (χ1) is 12.8. The number of aromatic nitrogens is 2. The second-order valence-electron chi connectivity index (χ2n) is 7.98. The maximum atomic E-state index is 4.17. The highest BCUT2D eigenvalue weighted by atomic mass is 15.1. The average Bonchev–Trinajstić information content (AvgIpc) is 3.31. The van der Waals surface area contributed by atoms with Crippen LogP contribution >= 0.6 is 0 Å². The van der Waals surface area contributed by atoms with E-state index in [2.05, 4.69) is 63.4 Å². The van der Waals surface area contributed by atoms with Crippen molar-refractivity contribution in [2.75, 3.05) is 26.7 Å². The van der Waals surface area contributed by atoms with Gasteiger partial charge in [0.2, 0.25) is 0 Å². The highest BCUT2D eigenvalue weighted by Crippen LogP contribution is 2.34. The third kappa shape index (κ3) is 2.93. The number of likely N-dealkylation sites (N-methyl/N-ethyl adjacent to an activating group) is 1. The van der Waals surface area contributed by atoms with Crippen LogP contribution in [0, 0.1) is 0 Å². The van der Waals surface area contributed by atoms with Gasteiger partial charge in [-0.15, -0.1) is 0 Å². The number of rotatable bonds is 3. The van der Waals surface area contributed by atoms with E-state index in [0.717, 1.165) is 25.2 Å². The maximum Gasteiger partial charge on any atom is 0.0653 e. The van der Waals surface area contributed by atoms with Crippen LogP contribution in [0.4, 0.5) is 0 Å². The Morgan fingerprint density at radius 1 is 1.12 bits per heavy atom. The van der Waals surface area contributed by atoms with Crippen LogP contribution < -0.4 is 0 Å². The molecule has 26 heavy (non-hydrogen) atoms. The highest BCUT2D eigenvalue weighted by molar-refractivity contribution is 5.78. The normalized spacial score (nSPS) is 21.3. The molecule has 2 aliphatic rings. The van der Waals surface area contributed by atoms with Crippen LogP contribution in [0.25, 0.3) is 10.9 Å². The molecule has 3 aromatic rings. The number of fused-ring (bicyclic) bond motifs is 2. The zero-order valence-corrected chi connectivity index (χ0v) is 15.4. The lowest BCUT2D eigenvalue weighted by Gasteiger charge is -2.33. The summed E-state index contributed by atoms with van der Waals surface area (Å²) in [4.78, 5) is 5.03. The van der Waals surface area contributed by atoms with Crippen molar-refractivity contribution >= 4 is 10.9 Å². The van der Waals surface area contributed by atoms with Crippen molar-refractivity contribution in [3.63, 3.8) is 0 Å². The predicted octanol–water partition coefficient (Wildman–Crippen LogP) is 3.74. The van der Waals surface area contributed by atoms with Gasteiger partial charge in [0.25, 0.3) is 0 Å². The molecule has 4 nitrogen and oxygen atoms in total. The second-order valence-corrected chi connectivity index (χ2v) is 7.98. The zero-order chi connectivity index (χ0) is 17.5. The molecule has 134 valence electrons. The van der Waals surface area contributed by atoms with Crippen LogP contribution in [0.15, 0.2) is 42.6 Å². The van der Waals surface area contributed by atoms with E-state index in [-0.39, 0.29) is 0 Å². The van der Waals surface area contributed by atoms with E-state index in [4.69, 9.17) is 0 Å². The first kappa shape index (κ1) is 16.0. The fraction of sp³-hybridized carbons (Fsp3) is 0.409. The van der Waals surface area contributed by atoms with Crippen LogP contribution in [-0.4, -0.2) is 46.7 Å². The summed E-state index contributed by atoms with van der Waals surface area (Å²) in [5, 5.41) is 8.46. The van der Waals surface area contributed by atoms with Crippen molar-refractivity contribution < 1.29 is 0 Å². The molecule has 1 N–H and O–H groups in total. The summed E-state index contributed by atoms with van der Waals surface area (Å²) in [6.07, 6.45) is 4.60. The average molecular weight is 346 g/mol. The molecule has 1 fully saturated rings. The first-order valence-electron chi connectivity index (χ1n) is 9.72. The van der Waals surface area contributed by atoms with Crippen LogP contribution in [0.3, 0.4) is 0 Å². The maximum absolute atomic E-state index is 4.17. The molecule has 0 radical (unpaired) electrons. The van der Waals surface area contributed by atoms with Crippen molar-refractivity contribution in [1.82, 2.24) is 20.0 Å². The molecule has 4 heteroatoms. The smallest absolute Gasteiger partial charge is 0.0653 e. The first-order valence-corrected chi connectivity index (χ1v) is 9.72. The standard InChI is InChI=1S/C22H26N4/c1-25-14-19-10-16(13-26-8-2-3-9-26)4-7-20(19)21(15-25)17-5-6-18-12-23-24-22(18)11-17/h4-7,10-12,21H,2-3,8-9,13-15H2,1H3,(H,23,24). The van der Waals surface area contributed by atoms with Gasteiger partial charge in [-0.25, -0.2) is 0 Å². The largest absolute Gasteiger partial charge is 0.301 e. The molecule has 0 spiro atoms. The van der Waals surface area contributed by atoms with Crippen molar-refractivity contribution in [2.45, 2.75) is 31.8 Å². The summed E-state index contributed by atoms with van der Waals surface area (Å²) in [5.41, 5.74) is 6.95. The minimum absolute atomic E-state index is 0.428. The Morgan fingerprint density at radius 3 is 2.88 bits per heavy atom. The number of likely N-dealkylation sites (tertiary alicyclic amines) is 1. The molecule has 3 heterocycles. The minimum Gasteiger partial charge on any atom is -0.301 e. The number of aromatic amines is 1. The van der Waals surface area contributed by atoms with E-state index in [0.29, 0.717) is 5.92 Å². The van der Waals surface area contributed by atoms with Gasteiger partial charge in [0.15, 0.2) is 0 Å². The van der Waals surface area contributed by atoms with Gasteiger partial charge in [-0.2, -0.15) is 5.10 Å². The van der Waals surface area contributed by atoms with Crippen LogP contribution in [0.2, 0.25) is 0 Å². The van der Waals surface area contributed by atoms with Gasteiger partial charge < -0.3 is 4.90 Å². The number of H-pyrrole nitrogens is 1. The molecule has 1 atom stereocenters. The third-order valence-corrected chi connectivity index (χ3v) is 5.99. The van der Waals surface area contributed by atoms with Gasteiger partial charge in [0.05, 0.1) is 11.7 Å². The molecule has 2 aliphatic heterocycles. The molecule has 0 saturated carbocycles. The van der Waals surface area contributed by atoms with E-state index >= 15 is 0 Å². The van der Waals surface area contributed by atoms with E-state index in [1.54, 1.807) is 0 Å². The Labute approximate surface area is 154 Å². The second kappa shape index (κ2) is 6.53. The summed E-state index contributed by atoms with van der Waals surface area (Å²) < 4.78 is 0. The number of benzene rings is 2. The zero-order valence-electron chi connectivity index (χ0n) is 15.4. The van der Waals surface area contributed by atoms with Gasteiger partial charge >= 0.3 is 0 Å². The minimum atomic E-state index is 0.428. The number of hydrogen-bond acceptors (Lipinski definition) is 3. The van der Waals surface area contributed by atoms with Crippen LogP contribution in [-0.2, 0) is 13.1 Å². The number of hydrogen-bond donors (Lipinski definition) is 1. The van der Waals surface area contributed by atoms with E-state index < -0.39 is 0 Å². The summed E-state index contributed by atoms with van der Waals surface area (Å²) >= 11 is 0. The Kier molecular flexibility index (Phi) is 4.03. The molecule has 1 unspecified atom stereocenters. The topological polar surface area (TPSA) is 35.2 Å². The van der Waals surface area contributed by atoms with Crippen LogP contribution in [0.5, 0.6) is 0 Å². The molecule has 2 aromatic carbocycles. The van der Waals surface area contributed by atoms with Gasteiger partial charge in [-0.05, 0) is 61.3 Å². The quantitative estimate of drug-likeness (QED) is 0.785. The molecule has 1 aromatic heterocycles. The SMILES string of the molecule is CN1Cc2cc(CN3CCCC3)ccc2C(c2ccc3cn[nH]c3c2)C1. The fourth-order valence-electron chi connectivity index (χ4n) is 4.65. The highest BCUT2D eigenvalue weighted by Gasteiger charge is 2.25. The lowest BCUT2D eigenvalue weighted by Crippen LogP contribution is -2.31. The Balaban J connectivity index is 1.48. The lowest BCUT2D eigenvalue weighted by atomic mass is 9.84. The van der Waals surface area contributed by atoms with Crippen molar-refractivity contribution in [3.8, 4) is 0 Å². The number of nitrogens with zero attached hydrogens (tertiary/aromatic N) is 3. The van der Waals surface area contributed by atoms with Crippen LogP contribution in [0.1, 0.15) is 41.0 Å². The third-order valence-electron chi connectivity index (χ3n) is 5.99. The van der Waals surface area contributed by atoms with E-state index in [1.807, 2.05) is 6.20 Å². The molecular formula is C22H26N4. The molecule has 0 aliphatic carbocycles. The van der Waals surface area contributed by atoms with Crippen molar-refractivity contribution in [1.29, 1.82) is 0 Å². The van der Waals surface area contributed by atoms with Crippen molar-refractivity contribution in [2.24, 2.45) is 0 Å². The van der Waals surface area contributed by atoms with Crippen molar-refractivity contribution in [3.05, 3.63) is 64.8 Å². The van der Waals surface area contributed by atoms with E-state index in [9.17, 15) is 0 Å². The fourth-order valence-corrected chi connectivity index (χ4v) is 4.65. The van der Waals surface area contributed by atoms with Gasteiger partial charge in [0, 0.05) is 30.9 Å². The monoisotopic (exact) mass is 346 g/mol. The van der Waals surface area contributed by atoms with Gasteiger partial charge in [-0.1, -0.05) is 30.3 Å². The van der Waals surface area contributed by atoms with E-state index in [1.165, 1.54) is 53.6 Å². The van der Waals surface area contributed by atoms with Gasteiger partial charge in [0.1, 0.15) is 0 Å². The predicted molar refractivity (Wildman–Crippen MR) is 105 cm³/mol. The summed E-state index contributed by atoms with van der Waals surface area (Å²) in [6, 6.07) is 13.9. The molecule has 0 amide bonds. The lowest BCUT2D eigenvalue weighted by molar-refractivity contribution is 0.294. The summed E-state index contributed by atoms with van der Waals surface area (Å²) in [5.74, 6) is 0.428. The Bertz CT molecular complexity index is 923. The molecule has 1 saturated heterocycles. The Hall–Kier alpha value is -2.17. The Morgan fingerprint density at radius 2 is 2.00 bits per heavy atom. The summed E-state index contributed by atoms with van der Waals surface area (Å²) in [7, 11) is 2.23. The number of nitrogens with one attached hydrogen (secondary N) is 1. The summed E-state index contributed by atoms with van der Waals surface area (Å²) in [6.45, 7) is 5.72. The molecule has 5 rings (SSSR count).